The van der Waals surface area contributed by atoms with E-state index in [2.05, 4.69) is 10.6 Å². The first kappa shape index (κ1) is 20.1. The summed E-state index contributed by atoms with van der Waals surface area (Å²) in [6.45, 7) is 2.75. The highest BCUT2D eigenvalue weighted by molar-refractivity contribution is 8.00. The molecule has 0 saturated carbocycles. The Morgan fingerprint density at radius 2 is 1.65 bits per heavy atom. The van der Waals surface area contributed by atoms with Gasteiger partial charge < -0.3 is 15.4 Å². The van der Waals surface area contributed by atoms with Crippen LogP contribution in [0.3, 0.4) is 0 Å². The van der Waals surface area contributed by atoms with Gasteiger partial charge in [-0.15, -0.1) is 11.8 Å². The van der Waals surface area contributed by atoms with Crippen LogP contribution in [0.4, 0.5) is 5.69 Å². The fourth-order valence-electron chi connectivity index (χ4n) is 2.01. The van der Waals surface area contributed by atoms with Gasteiger partial charge in [0.15, 0.2) is 0 Å². The summed E-state index contributed by atoms with van der Waals surface area (Å²) in [4.78, 5) is 23.6. The Kier molecular flexibility index (Phi) is 8.31. The number of aryl methyl sites for hydroxylation is 1. The minimum Gasteiger partial charge on any atom is -0.492 e. The number of nitrogens with one attached hydrogen (secondary N) is 2. The Hall–Kier alpha value is -2.18. The van der Waals surface area contributed by atoms with E-state index in [0.29, 0.717) is 23.9 Å². The second-order valence-corrected chi connectivity index (χ2v) is 6.98. The van der Waals surface area contributed by atoms with Crippen molar-refractivity contribution >= 4 is 40.9 Å². The van der Waals surface area contributed by atoms with Gasteiger partial charge in [-0.25, -0.2) is 0 Å². The van der Waals surface area contributed by atoms with E-state index in [1.54, 1.807) is 24.3 Å². The number of anilines is 1. The van der Waals surface area contributed by atoms with Crippen LogP contribution in [0.2, 0.25) is 5.02 Å². The first-order chi connectivity index (χ1) is 12.5. The van der Waals surface area contributed by atoms with E-state index in [1.165, 1.54) is 11.8 Å². The minimum absolute atomic E-state index is 0.127. The van der Waals surface area contributed by atoms with Gasteiger partial charge in [0.05, 0.1) is 18.1 Å². The molecule has 7 heteroatoms. The van der Waals surface area contributed by atoms with Crippen LogP contribution in [0.15, 0.2) is 48.5 Å². The van der Waals surface area contributed by atoms with E-state index in [0.717, 1.165) is 11.3 Å². The van der Waals surface area contributed by atoms with Crippen molar-refractivity contribution < 1.29 is 14.3 Å². The van der Waals surface area contributed by atoms with Gasteiger partial charge in [0.2, 0.25) is 11.8 Å². The molecule has 2 aromatic carbocycles. The molecule has 138 valence electrons. The van der Waals surface area contributed by atoms with Crippen LogP contribution in [-0.4, -0.2) is 36.5 Å². The molecule has 26 heavy (non-hydrogen) atoms. The third kappa shape index (κ3) is 7.80. The number of amides is 2. The van der Waals surface area contributed by atoms with E-state index in [1.807, 2.05) is 31.2 Å². The topological polar surface area (TPSA) is 67.4 Å². The molecule has 2 N–H and O–H groups in total. The van der Waals surface area contributed by atoms with Gasteiger partial charge in [0.1, 0.15) is 12.4 Å². The Morgan fingerprint density at radius 3 is 2.35 bits per heavy atom. The van der Waals surface area contributed by atoms with E-state index in [9.17, 15) is 9.59 Å². The van der Waals surface area contributed by atoms with E-state index in [4.69, 9.17) is 16.3 Å². The van der Waals surface area contributed by atoms with Crippen LogP contribution >= 0.6 is 23.4 Å². The number of hydrogen-bond acceptors (Lipinski definition) is 4. The van der Waals surface area contributed by atoms with Gasteiger partial charge in [0.25, 0.3) is 0 Å². The van der Waals surface area contributed by atoms with Gasteiger partial charge >= 0.3 is 0 Å². The molecule has 0 heterocycles. The van der Waals surface area contributed by atoms with Gasteiger partial charge in [-0.05, 0) is 43.3 Å². The standard InChI is InChI=1S/C19H21ClN2O3S/c1-14-2-6-16(7-3-14)22-19(24)13-26-12-18(23)21-10-11-25-17-8-4-15(20)5-9-17/h2-9H,10-13H2,1H3,(H,21,23)(H,22,24). The summed E-state index contributed by atoms with van der Waals surface area (Å²) in [5, 5.41) is 6.20. The zero-order valence-corrected chi connectivity index (χ0v) is 16.0. The quantitative estimate of drug-likeness (QED) is 0.641. The van der Waals surface area contributed by atoms with Gasteiger partial charge in [-0.2, -0.15) is 0 Å². The summed E-state index contributed by atoms with van der Waals surface area (Å²) in [6, 6.07) is 14.6. The van der Waals surface area contributed by atoms with Crippen LogP contribution < -0.4 is 15.4 Å². The number of hydrogen-bond donors (Lipinski definition) is 2. The number of thioether (sulfide) groups is 1. The number of rotatable bonds is 9. The van der Waals surface area contributed by atoms with Crippen LogP contribution in [0.25, 0.3) is 0 Å². The maximum Gasteiger partial charge on any atom is 0.234 e. The van der Waals surface area contributed by atoms with Crippen molar-refractivity contribution in [2.45, 2.75) is 6.92 Å². The molecule has 2 aromatic rings. The first-order valence-corrected chi connectivity index (χ1v) is 9.65. The molecular weight excluding hydrogens is 372 g/mol. The van der Waals surface area contributed by atoms with E-state index in [-0.39, 0.29) is 23.3 Å². The molecule has 2 rings (SSSR count). The van der Waals surface area contributed by atoms with Crippen LogP contribution in [0, 0.1) is 6.92 Å². The number of halogens is 1. The van der Waals surface area contributed by atoms with E-state index >= 15 is 0 Å². The predicted octanol–water partition coefficient (Wildman–Crippen LogP) is 3.52. The Morgan fingerprint density at radius 1 is 1.00 bits per heavy atom. The zero-order chi connectivity index (χ0) is 18.8. The highest BCUT2D eigenvalue weighted by atomic mass is 35.5. The summed E-state index contributed by atoms with van der Waals surface area (Å²) in [6.07, 6.45) is 0. The number of benzene rings is 2. The lowest BCUT2D eigenvalue weighted by atomic mass is 10.2. The fourth-order valence-corrected chi connectivity index (χ4v) is 2.78. The lowest BCUT2D eigenvalue weighted by molar-refractivity contribution is -0.118. The smallest absolute Gasteiger partial charge is 0.234 e. The number of carbonyl (C=O) groups is 2. The predicted molar refractivity (Wildman–Crippen MR) is 107 cm³/mol. The van der Waals surface area contributed by atoms with E-state index < -0.39 is 0 Å². The second kappa shape index (κ2) is 10.7. The molecule has 0 unspecified atom stereocenters. The summed E-state index contributed by atoms with van der Waals surface area (Å²) >= 11 is 7.06. The highest BCUT2D eigenvalue weighted by Gasteiger charge is 2.06. The third-order valence-electron chi connectivity index (χ3n) is 3.31. The zero-order valence-electron chi connectivity index (χ0n) is 14.5. The highest BCUT2D eigenvalue weighted by Crippen LogP contribution is 2.15. The summed E-state index contributed by atoms with van der Waals surface area (Å²) in [5.41, 5.74) is 1.89. The molecule has 0 aromatic heterocycles. The van der Waals surface area contributed by atoms with Gasteiger partial charge in [-0.3, -0.25) is 9.59 Å². The second-order valence-electron chi connectivity index (χ2n) is 5.56. The SMILES string of the molecule is Cc1ccc(NC(=O)CSCC(=O)NCCOc2ccc(Cl)cc2)cc1. The maximum absolute atomic E-state index is 11.8. The Labute approximate surface area is 162 Å². The van der Waals surface area contributed by atoms with Crippen LogP contribution in [0.5, 0.6) is 5.75 Å². The molecule has 0 spiro atoms. The third-order valence-corrected chi connectivity index (χ3v) is 4.49. The summed E-state index contributed by atoms with van der Waals surface area (Å²) in [5.74, 6) is 0.895. The molecule has 0 aliphatic rings. The minimum atomic E-state index is -0.127. The van der Waals surface area contributed by atoms with Crippen molar-refractivity contribution in [3.05, 3.63) is 59.1 Å². The summed E-state index contributed by atoms with van der Waals surface area (Å²) in [7, 11) is 0. The molecule has 0 radical (unpaired) electrons. The average molecular weight is 393 g/mol. The maximum atomic E-state index is 11.8. The normalized spacial score (nSPS) is 10.2. The monoisotopic (exact) mass is 392 g/mol. The van der Waals surface area contributed by atoms with Crippen molar-refractivity contribution in [3.63, 3.8) is 0 Å². The largest absolute Gasteiger partial charge is 0.492 e. The molecular formula is C19H21ClN2O3S. The molecule has 0 atom stereocenters. The van der Waals surface area contributed by atoms with Gasteiger partial charge in [0, 0.05) is 10.7 Å². The Bertz CT molecular complexity index is 721. The van der Waals surface area contributed by atoms with Crippen LogP contribution in [0.1, 0.15) is 5.56 Å². The molecule has 0 fully saturated rings. The number of carbonyl (C=O) groups excluding carboxylic acids is 2. The van der Waals surface area contributed by atoms with Crippen molar-refractivity contribution in [2.75, 3.05) is 30.0 Å². The Balaban J connectivity index is 1.54. The van der Waals surface area contributed by atoms with Crippen molar-refractivity contribution in [1.29, 1.82) is 0 Å². The fraction of sp³-hybridized carbons (Fsp3) is 0.263. The average Bonchev–Trinajstić information content (AvgIpc) is 2.62. The first-order valence-electron chi connectivity index (χ1n) is 8.12. The lowest BCUT2D eigenvalue weighted by Gasteiger charge is -2.08. The van der Waals surface area contributed by atoms with Crippen LogP contribution in [-0.2, 0) is 9.59 Å². The molecule has 0 aliphatic heterocycles. The number of ether oxygens (including phenoxy) is 1. The molecule has 5 nitrogen and oxygen atoms in total. The van der Waals surface area contributed by atoms with Gasteiger partial charge in [-0.1, -0.05) is 29.3 Å². The summed E-state index contributed by atoms with van der Waals surface area (Å²) < 4.78 is 5.48. The molecule has 0 saturated heterocycles. The van der Waals surface area contributed by atoms with Crippen molar-refractivity contribution in [2.24, 2.45) is 0 Å². The molecule has 0 bridgehead atoms. The van der Waals surface area contributed by atoms with Crippen molar-refractivity contribution in [3.8, 4) is 5.75 Å². The lowest BCUT2D eigenvalue weighted by Crippen LogP contribution is -2.30. The molecule has 2 amide bonds. The molecule has 0 aliphatic carbocycles. The van der Waals surface area contributed by atoms with Crippen molar-refractivity contribution in [1.82, 2.24) is 5.32 Å².